The predicted octanol–water partition coefficient (Wildman–Crippen LogP) is 3.20. The van der Waals surface area contributed by atoms with Gasteiger partial charge in [0.2, 0.25) is 0 Å². The van der Waals surface area contributed by atoms with E-state index >= 15 is 0 Å². The zero-order chi connectivity index (χ0) is 19.2. The van der Waals surface area contributed by atoms with Crippen LogP contribution in [0.25, 0.3) is 0 Å². The summed E-state index contributed by atoms with van der Waals surface area (Å²) in [5, 5.41) is 4.50. The fraction of sp³-hybridized carbons (Fsp3) is 0.478. The molecule has 2 atom stereocenters. The number of benzene rings is 2. The molecule has 0 amide bonds. The molecule has 0 bridgehead atoms. The number of hydrogen-bond donors (Lipinski definition) is 0. The molecular weight excluding hydrogens is 368 g/mol. The quantitative estimate of drug-likeness (QED) is 0.704. The van der Waals surface area contributed by atoms with Crippen LogP contribution >= 0.6 is 0 Å². The van der Waals surface area contributed by atoms with Crippen molar-refractivity contribution in [1.29, 1.82) is 0 Å². The van der Waals surface area contributed by atoms with Crippen molar-refractivity contribution in [3.8, 4) is 0 Å². The minimum atomic E-state index is -1.11. The summed E-state index contributed by atoms with van der Waals surface area (Å²) in [5.41, 5.74) is 2.20. The Bertz CT molecular complexity index is 670. The Morgan fingerprint density at radius 1 is 1.00 bits per heavy atom. The van der Waals surface area contributed by atoms with Crippen LogP contribution in [-0.2, 0) is 15.9 Å². The molecular formula is C23H29N2O2S. The van der Waals surface area contributed by atoms with Gasteiger partial charge in [0, 0.05) is 44.0 Å². The topological polar surface area (TPSA) is 49.6 Å². The van der Waals surface area contributed by atoms with Crippen molar-refractivity contribution in [3.63, 3.8) is 0 Å². The van der Waals surface area contributed by atoms with Crippen LogP contribution < -0.4 is 5.32 Å². The molecule has 0 N–H and O–H groups in total. The predicted molar refractivity (Wildman–Crippen MR) is 114 cm³/mol. The lowest BCUT2D eigenvalue weighted by molar-refractivity contribution is 0.0497. The maximum absolute atomic E-state index is 13.7. The summed E-state index contributed by atoms with van der Waals surface area (Å²) >= 11 is -1.11. The summed E-state index contributed by atoms with van der Waals surface area (Å²) in [6, 6.07) is 20.4. The van der Waals surface area contributed by atoms with Crippen molar-refractivity contribution in [2.45, 2.75) is 23.5 Å². The summed E-state index contributed by atoms with van der Waals surface area (Å²) in [6.07, 6.45) is 2.27. The number of nitrogens with zero attached hydrogens (tertiary/aromatic N) is 2. The first-order chi connectivity index (χ1) is 13.8. The maximum atomic E-state index is 13.7. The minimum Gasteiger partial charge on any atom is -0.614 e. The molecule has 2 unspecified atom stereocenters. The molecule has 4 rings (SSSR count). The third-order valence-electron chi connectivity index (χ3n) is 5.73. The Morgan fingerprint density at radius 2 is 1.61 bits per heavy atom. The minimum absolute atomic E-state index is 0.140. The van der Waals surface area contributed by atoms with Gasteiger partial charge in [0.1, 0.15) is 0 Å². The molecule has 2 aromatic carbocycles. The fourth-order valence-electron chi connectivity index (χ4n) is 4.19. The summed E-state index contributed by atoms with van der Waals surface area (Å²) in [7, 11) is 0. The highest BCUT2D eigenvalue weighted by atomic mass is 32.2. The van der Waals surface area contributed by atoms with Crippen LogP contribution in [0.4, 0.5) is 0 Å². The summed E-state index contributed by atoms with van der Waals surface area (Å²) in [4.78, 5) is 2.47. The third kappa shape index (κ3) is 4.97. The van der Waals surface area contributed by atoms with Crippen molar-refractivity contribution in [1.82, 2.24) is 10.2 Å². The van der Waals surface area contributed by atoms with Crippen molar-refractivity contribution in [3.05, 3.63) is 71.8 Å². The second kappa shape index (κ2) is 9.90. The molecule has 2 saturated heterocycles. The van der Waals surface area contributed by atoms with Crippen LogP contribution in [0.3, 0.4) is 0 Å². The Morgan fingerprint density at radius 3 is 2.21 bits per heavy atom. The number of piperazine rings is 1. The highest BCUT2D eigenvalue weighted by Gasteiger charge is 2.37. The molecule has 149 valence electrons. The molecule has 0 saturated carbocycles. The summed E-state index contributed by atoms with van der Waals surface area (Å²) in [6.45, 7) is 5.38. The molecule has 2 aromatic rings. The highest BCUT2D eigenvalue weighted by Crippen LogP contribution is 2.33. The molecule has 5 heteroatoms. The van der Waals surface area contributed by atoms with Gasteiger partial charge in [0.15, 0.2) is 10.6 Å². The highest BCUT2D eigenvalue weighted by molar-refractivity contribution is 7.92. The smallest absolute Gasteiger partial charge is 0.195 e. The van der Waals surface area contributed by atoms with Crippen molar-refractivity contribution >= 4 is 11.2 Å². The summed E-state index contributed by atoms with van der Waals surface area (Å²) in [5.74, 6) is 0.694. The van der Waals surface area contributed by atoms with E-state index in [1.54, 1.807) is 0 Å². The molecule has 2 aliphatic rings. The zero-order valence-corrected chi connectivity index (χ0v) is 17.1. The maximum Gasteiger partial charge on any atom is 0.195 e. The standard InChI is InChI=1S/C23H29N2O2S/c26-28(22-18-25(14-13-24-22)17-19-11-15-27-16-12-19)23(20-7-3-1-4-8-20)21-9-5-2-6-10-21/h1-10,19,22-23H,11-18H2. The Labute approximate surface area is 171 Å². The second-order valence-electron chi connectivity index (χ2n) is 7.71. The largest absolute Gasteiger partial charge is 0.614 e. The lowest BCUT2D eigenvalue weighted by Crippen LogP contribution is -2.52. The molecule has 1 radical (unpaired) electrons. The number of hydrogen-bond acceptors (Lipinski definition) is 3. The second-order valence-corrected chi connectivity index (χ2v) is 9.38. The SMILES string of the molecule is [O-][S+](C1CN(CC2CCOCC2)CC[N]1)C(c1ccccc1)c1ccccc1. The van der Waals surface area contributed by atoms with Gasteiger partial charge in [-0.25, -0.2) is 0 Å². The molecule has 2 aliphatic heterocycles. The van der Waals surface area contributed by atoms with E-state index in [0.29, 0.717) is 5.92 Å². The Hall–Kier alpha value is -1.37. The van der Waals surface area contributed by atoms with Crippen molar-refractivity contribution in [2.24, 2.45) is 5.92 Å². The van der Waals surface area contributed by atoms with E-state index in [2.05, 4.69) is 29.2 Å². The van der Waals surface area contributed by atoms with Crippen LogP contribution in [0.1, 0.15) is 29.2 Å². The van der Waals surface area contributed by atoms with Crippen molar-refractivity contribution in [2.75, 3.05) is 39.4 Å². The first-order valence-corrected chi connectivity index (χ1v) is 11.5. The van der Waals surface area contributed by atoms with Gasteiger partial charge >= 0.3 is 0 Å². The van der Waals surface area contributed by atoms with Gasteiger partial charge in [-0.1, -0.05) is 60.7 Å². The zero-order valence-electron chi connectivity index (χ0n) is 16.3. The van der Waals surface area contributed by atoms with Crippen LogP contribution in [0.5, 0.6) is 0 Å². The van der Waals surface area contributed by atoms with E-state index < -0.39 is 11.2 Å². The van der Waals surface area contributed by atoms with Crippen LogP contribution in [0, 0.1) is 5.92 Å². The number of ether oxygens (including phenoxy) is 1. The summed E-state index contributed by atoms with van der Waals surface area (Å²) < 4.78 is 19.2. The van der Waals surface area contributed by atoms with E-state index in [1.165, 1.54) is 0 Å². The lowest BCUT2D eigenvalue weighted by Gasteiger charge is -2.37. The molecule has 4 nitrogen and oxygen atoms in total. The fourth-order valence-corrected chi connectivity index (χ4v) is 5.97. The first kappa shape index (κ1) is 19.9. The molecule has 2 heterocycles. The van der Waals surface area contributed by atoms with E-state index in [0.717, 1.165) is 63.4 Å². The van der Waals surface area contributed by atoms with E-state index in [9.17, 15) is 4.55 Å². The Balaban J connectivity index is 1.49. The van der Waals surface area contributed by atoms with Gasteiger partial charge in [0.05, 0.1) is 6.54 Å². The van der Waals surface area contributed by atoms with Gasteiger partial charge in [-0.05, 0) is 29.9 Å². The van der Waals surface area contributed by atoms with Gasteiger partial charge in [-0.15, -0.1) is 0 Å². The van der Waals surface area contributed by atoms with Crippen LogP contribution in [-0.4, -0.2) is 54.2 Å². The average molecular weight is 398 g/mol. The first-order valence-electron chi connectivity index (χ1n) is 10.3. The van der Waals surface area contributed by atoms with E-state index in [4.69, 9.17) is 10.1 Å². The molecule has 0 spiro atoms. The third-order valence-corrected chi connectivity index (χ3v) is 7.57. The number of rotatable bonds is 6. The van der Waals surface area contributed by atoms with Gasteiger partial charge in [-0.2, -0.15) is 5.32 Å². The lowest BCUT2D eigenvalue weighted by atomic mass is 9.99. The average Bonchev–Trinajstić information content (AvgIpc) is 2.76. The molecule has 0 aromatic heterocycles. The van der Waals surface area contributed by atoms with Crippen molar-refractivity contribution < 1.29 is 9.29 Å². The normalized spacial score (nSPS) is 23.0. The monoisotopic (exact) mass is 397 g/mol. The van der Waals surface area contributed by atoms with Crippen LogP contribution in [0.15, 0.2) is 60.7 Å². The van der Waals surface area contributed by atoms with E-state index in [1.807, 2.05) is 36.4 Å². The molecule has 0 aliphatic carbocycles. The molecule has 2 fully saturated rings. The van der Waals surface area contributed by atoms with Gasteiger partial charge in [-0.3, -0.25) is 4.90 Å². The van der Waals surface area contributed by atoms with Gasteiger partial charge in [0.25, 0.3) is 0 Å². The molecule has 28 heavy (non-hydrogen) atoms. The Kier molecular flexibility index (Phi) is 7.04. The van der Waals surface area contributed by atoms with Gasteiger partial charge < -0.3 is 9.29 Å². The van der Waals surface area contributed by atoms with E-state index in [-0.39, 0.29) is 10.6 Å². The van der Waals surface area contributed by atoms with Crippen LogP contribution in [0.2, 0.25) is 0 Å².